The van der Waals surface area contributed by atoms with Crippen LogP contribution in [0.1, 0.15) is 59.8 Å². The summed E-state index contributed by atoms with van der Waals surface area (Å²) >= 11 is 0. The zero-order valence-corrected chi connectivity index (χ0v) is 11.8. The number of hydrogen-bond acceptors (Lipinski definition) is 2. The number of nitrogens with one attached hydrogen (secondary N) is 1. The molecule has 0 radical (unpaired) electrons. The maximum Gasteiger partial charge on any atom is 0.237 e. The topological polar surface area (TPSA) is 55.1 Å². The second kappa shape index (κ2) is 5.85. The van der Waals surface area contributed by atoms with Crippen molar-refractivity contribution in [1.82, 2.24) is 5.32 Å². The number of amides is 1. The molecule has 0 aromatic heterocycles. The highest BCUT2D eigenvalue weighted by molar-refractivity contribution is 5.82. The molecule has 3 N–H and O–H groups in total. The van der Waals surface area contributed by atoms with E-state index in [1.54, 1.807) is 0 Å². The van der Waals surface area contributed by atoms with E-state index >= 15 is 0 Å². The van der Waals surface area contributed by atoms with Crippen LogP contribution in [-0.4, -0.2) is 18.0 Å². The molecule has 3 heteroatoms. The lowest BCUT2D eigenvalue weighted by Crippen LogP contribution is -2.53. The van der Waals surface area contributed by atoms with Crippen LogP contribution in [0.25, 0.3) is 0 Å². The van der Waals surface area contributed by atoms with Crippen LogP contribution in [0, 0.1) is 11.3 Å². The van der Waals surface area contributed by atoms with Gasteiger partial charge in [-0.3, -0.25) is 4.79 Å². The Balaban J connectivity index is 2.55. The monoisotopic (exact) mass is 240 g/mol. The molecule has 1 fully saturated rings. The van der Waals surface area contributed by atoms with Crippen LogP contribution in [0.4, 0.5) is 0 Å². The van der Waals surface area contributed by atoms with Gasteiger partial charge < -0.3 is 11.1 Å². The number of carbonyl (C=O) groups is 1. The van der Waals surface area contributed by atoms with E-state index in [4.69, 9.17) is 5.73 Å². The maximum atomic E-state index is 12.1. The third-order valence-electron chi connectivity index (χ3n) is 4.38. The molecular formula is C14H28N2O. The molecular weight excluding hydrogens is 212 g/mol. The summed E-state index contributed by atoms with van der Waals surface area (Å²) in [7, 11) is 0. The Hall–Kier alpha value is -0.570. The zero-order valence-electron chi connectivity index (χ0n) is 11.8. The summed E-state index contributed by atoms with van der Waals surface area (Å²) < 4.78 is 0. The van der Waals surface area contributed by atoms with Gasteiger partial charge in [-0.15, -0.1) is 0 Å². The van der Waals surface area contributed by atoms with Crippen molar-refractivity contribution < 1.29 is 4.79 Å². The molecule has 17 heavy (non-hydrogen) atoms. The third kappa shape index (κ3) is 3.70. The highest BCUT2D eigenvalue weighted by Crippen LogP contribution is 2.35. The minimum Gasteiger partial charge on any atom is -0.351 e. The number of hydrogen-bond donors (Lipinski definition) is 2. The molecule has 1 aliphatic rings. The van der Waals surface area contributed by atoms with Crippen LogP contribution < -0.4 is 11.1 Å². The molecule has 1 aliphatic carbocycles. The minimum atomic E-state index is -0.363. The lowest BCUT2D eigenvalue weighted by Gasteiger charge is -2.39. The first-order valence-electron chi connectivity index (χ1n) is 6.94. The van der Waals surface area contributed by atoms with Gasteiger partial charge in [-0.25, -0.2) is 0 Å². The smallest absolute Gasteiger partial charge is 0.237 e. The van der Waals surface area contributed by atoms with Crippen LogP contribution in [0.15, 0.2) is 0 Å². The van der Waals surface area contributed by atoms with Crippen LogP contribution in [0.3, 0.4) is 0 Å². The number of carbonyl (C=O) groups excluding carboxylic acids is 1. The molecule has 2 unspecified atom stereocenters. The summed E-state index contributed by atoms with van der Waals surface area (Å²) in [5, 5.41) is 3.16. The van der Waals surface area contributed by atoms with E-state index < -0.39 is 0 Å². The molecule has 100 valence electrons. The Morgan fingerprint density at radius 2 is 2.12 bits per heavy atom. The molecule has 0 bridgehead atoms. The summed E-state index contributed by atoms with van der Waals surface area (Å²) in [6.45, 7) is 8.59. The molecule has 0 saturated heterocycles. The molecule has 0 aromatic carbocycles. The summed E-state index contributed by atoms with van der Waals surface area (Å²) in [5.74, 6) is 0.279. The number of nitrogens with two attached hydrogens (primary N) is 1. The normalized spacial score (nSPS) is 27.2. The second-order valence-electron chi connectivity index (χ2n) is 6.21. The Morgan fingerprint density at radius 1 is 1.47 bits per heavy atom. The van der Waals surface area contributed by atoms with E-state index in [0.717, 1.165) is 12.8 Å². The summed E-state index contributed by atoms with van der Waals surface area (Å²) in [6, 6.07) is -0.0726. The largest absolute Gasteiger partial charge is 0.351 e. The van der Waals surface area contributed by atoms with Crippen LogP contribution >= 0.6 is 0 Å². The predicted octanol–water partition coefficient (Wildman–Crippen LogP) is 2.44. The fourth-order valence-electron chi connectivity index (χ4n) is 2.54. The molecule has 3 nitrogen and oxygen atoms in total. The Morgan fingerprint density at radius 3 is 2.65 bits per heavy atom. The van der Waals surface area contributed by atoms with Gasteiger partial charge in [0, 0.05) is 6.04 Å². The van der Waals surface area contributed by atoms with E-state index in [2.05, 4.69) is 26.1 Å². The predicted molar refractivity (Wildman–Crippen MR) is 71.6 cm³/mol. The van der Waals surface area contributed by atoms with Crippen molar-refractivity contribution in [3.05, 3.63) is 0 Å². The summed E-state index contributed by atoms with van der Waals surface area (Å²) in [5.41, 5.74) is 6.18. The van der Waals surface area contributed by atoms with Gasteiger partial charge in [-0.2, -0.15) is 0 Å². The molecule has 1 saturated carbocycles. The Kier molecular flexibility index (Phi) is 4.99. The van der Waals surface area contributed by atoms with E-state index in [1.807, 2.05) is 6.92 Å². The lowest BCUT2D eigenvalue weighted by molar-refractivity contribution is -0.125. The fraction of sp³-hybridized carbons (Fsp3) is 0.929. The van der Waals surface area contributed by atoms with Gasteiger partial charge in [-0.05, 0) is 24.2 Å². The van der Waals surface area contributed by atoms with Crippen molar-refractivity contribution in [2.24, 2.45) is 17.1 Å². The molecule has 3 atom stereocenters. The second-order valence-corrected chi connectivity index (χ2v) is 6.21. The van der Waals surface area contributed by atoms with Gasteiger partial charge in [0.25, 0.3) is 0 Å². The first-order valence-corrected chi connectivity index (χ1v) is 6.94. The van der Waals surface area contributed by atoms with Crippen molar-refractivity contribution >= 4 is 5.91 Å². The summed E-state index contributed by atoms with van der Waals surface area (Å²) in [6.07, 6.45) is 5.72. The molecule has 0 aromatic rings. The number of rotatable bonds is 4. The van der Waals surface area contributed by atoms with Gasteiger partial charge in [0.05, 0.1) is 6.04 Å². The van der Waals surface area contributed by atoms with Crippen molar-refractivity contribution in [2.45, 2.75) is 71.9 Å². The van der Waals surface area contributed by atoms with E-state index in [-0.39, 0.29) is 23.3 Å². The van der Waals surface area contributed by atoms with Gasteiger partial charge in [0.2, 0.25) is 5.91 Å². The Bertz CT molecular complexity index is 263. The summed E-state index contributed by atoms with van der Waals surface area (Å²) in [4.78, 5) is 12.1. The van der Waals surface area contributed by atoms with E-state index in [0.29, 0.717) is 6.04 Å². The SMILES string of the molecule is CCC(C)[C@H](N)C(=O)NC1CCCCC1(C)C. The van der Waals surface area contributed by atoms with Crippen LogP contribution in [0.5, 0.6) is 0 Å². The van der Waals surface area contributed by atoms with Crippen molar-refractivity contribution in [2.75, 3.05) is 0 Å². The highest BCUT2D eigenvalue weighted by Gasteiger charge is 2.34. The van der Waals surface area contributed by atoms with Gasteiger partial charge >= 0.3 is 0 Å². The average Bonchev–Trinajstić information content (AvgIpc) is 2.29. The Labute approximate surface area is 106 Å². The molecule has 1 rings (SSSR count). The van der Waals surface area contributed by atoms with E-state index in [9.17, 15) is 4.79 Å². The van der Waals surface area contributed by atoms with E-state index in [1.165, 1.54) is 19.3 Å². The minimum absolute atomic E-state index is 0.0272. The first-order chi connectivity index (χ1) is 7.88. The molecule has 0 heterocycles. The quantitative estimate of drug-likeness (QED) is 0.793. The average molecular weight is 240 g/mol. The van der Waals surface area contributed by atoms with Crippen molar-refractivity contribution in [3.8, 4) is 0 Å². The van der Waals surface area contributed by atoms with Crippen molar-refractivity contribution in [3.63, 3.8) is 0 Å². The van der Waals surface area contributed by atoms with Crippen molar-refractivity contribution in [1.29, 1.82) is 0 Å². The lowest BCUT2D eigenvalue weighted by atomic mass is 9.73. The maximum absolute atomic E-state index is 12.1. The fourth-order valence-corrected chi connectivity index (χ4v) is 2.54. The molecule has 1 amide bonds. The van der Waals surface area contributed by atoms with Gasteiger partial charge in [0.15, 0.2) is 0 Å². The van der Waals surface area contributed by atoms with Crippen LogP contribution in [0.2, 0.25) is 0 Å². The zero-order chi connectivity index (χ0) is 13.1. The van der Waals surface area contributed by atoms with Gasteiger partial charge in [0.1, 0.15) is 0 Å². The van der Waals surface area contributed by atoms with Crippen LogP contribution in [-0.2, 0) is 4.79 Å². The molecule has 0 aliphatic heterocycles. The standard InChI is InChI=1S/C14H28N2O/c1-5-10(2)12(15)13(17)16-11-8-6-7-9-14(11,3)4/h10-12H,5-9,15H2,1-4H3,(H,16,17)/t10?,11?,12-/m0/s1. The molecule has 0 spiro atoms. The van der Waals surface area contributed by atoms with Gasteiger partial charge in [-0.1, -0.05) is 47.0 Å². The third-order valence-corrected chi connectivity index (χ3v) is 4.38. The first kappa shape index (κ1) is 14.5. The highest BCUT2D eigenvalue weighted by atomic mass is 16.2.